The van der Waals surface area contributed by atoms with Crippen molar-refractivity contribution in [2.75, 3.05) is 10.6 Å². The summed E-state index contributed by atoms with van der Waals surface area (Å²) in [5.41, 5.74) is 1.16. The van der Waals surface area contributed by atoms with Crippen LogP contribution in [-0.4, -0.2) is 27.9 Å². The number of aryl methyl sites for hydroxylation is 1. The van der Waals surface area contributed by atoms with E-state index in [1.807, 2.05) is 18.2 Å². The predicted octanol–water partition coefficient (Wildman–Crippen LogP) is 2.51. The van der Waals surface area contributed by atoms with Crippen LogP contribution in [0.5, 0.6) is 0 Å². The highest BCUT2D eigenvalue weighted by atomic mass is 32.1. The monoisotopic (exact) mass is 333 g/mol. The van der Waals surface area contributed by atoms with Gasteiger partial charge < -0.3 is 15.7 Å². The number of para-hydroxylation sites is 1. The number of amides is 2. The van der Waals surface area contributed by atoms with Crippen molar-refractivity contribution < 1.29 is 19.5 Å². The SMILES string of the molecule is Cc1nc(NC(=O)CCC(=O)O)sc1C(=O)Nc1ccccc1. The van der Waals surface area contributed by atoms with Gasteiger partial charge in [-0.1, -0.05) is 29.5 Å². The molecule has 8 heteroatoms. The van der Waals surface area contributed by atoms with Crippen LogP contribution in [0, 0.1) is 6.92 Å². The number of hydrogen-bond acceptors (Lipinski definition) is 5. The zero-order chi connectivity index (χ0) is 16.8. The number of aromatic nitrogens is 1. The van der Waals surface area contributed by atoms with E-state index in [0.717, 1.165) is 11.3 Å². The summed E-state index contributed by atoms with van der Waals surface area (Å²) in [6.45, 7) is 1.67. The third kappa shape index (κ3) is 4.89. The fraction of sp³-hybridized carbons (Fsp3) is 0.200. The Morgan fingerprint density at radius 2 is 1.83 bits per heavy atom. The lowest BCUT2D eigenvalue weighted by atomic mass is 10.3. The normalized spacial score (nSPS) is 10.1. The summed E-state index contributed by atoms with van der Waals surface area (Å²) in [5.74, 6) is -1.80. The molecule has 2 rings (SSSR count). The second-order valence-electron chi connectivity index (χ2n) is 4.70. The molecule has 0 radical (unpaired) electrons. The van der Waals surface area contributed by atoms with E-state index >= 15 is 0 Å². The molecule has 3 N–H and O–H groups in total. The molecule has 0 saturated heterocycles. The van der Waals surface area contributed by atoms with Gasteiger partial charge in [-0.15, -0.1) is 0 Å². The quantitative estimate of drug-likeness (QED) is 0.752. The van der Waals surface area contributed by atoms with Crippen molar-refractivity contribution in [2.24, 2.45) is 0 Å². The summed E-state index contributed by atoms with van der Waals surface area (Å²) in [5, 5.41) is 14.1. The maximum atomic E-state index is 12.2. The van der Waals surface area contributed by atoms with Crippen LogP contribution in [0.3, 0.4) is 0 Å². The molecule has 0 aliphatic rings. The first kappa shape index (κ1) is 16.6. The van der Waals surface area contributed by atoms with Crippen LogP contribution in [0.1, 0.15) is 28.2 Å². The van der Waals surface area contributed by atoms with E-state index in [-0.39, 0.29) is 23.9 Å². The van der Waals surface area contributed by atoms with Gasteiger partial charge in [-0.25, -0.2) is 4.98 Å². The Morgan fingerprint density at radius 1 is 1.13 bits per heavy atom. The third-order valence-corrected chi connectivity index (χ3v) is 3.92. The minimum atomic E-state index is -1.04. The maximum absolute atomic E-state index is 12.2. The van der Waals surface area contributed by atoms with Crippen molar-refractivity contribution in [3.05, 3.63) is 40.9 Å². The van der Waals surface area contributed by atoms with Gasteiger partial charge in [-0.3, -0.25) is 14.4 Å². The molecule has 0 saturated carbocycles. The minimum absolute atomic E-state index is 0.139. The first-order valence-corrected chi connectivity index (χ1v) is 7.63. The van der Waals surface area contributed by atoms with Crippen LogP contribution >= 0.6 is 11.3 Å². The maximum Gasteiger partial charge on any atom is 0.303 e. The molecule has 1 heterocycles. The number of carboxylic acid groups (broad SMARTS) is 1. The molecule has 0 unspecified atom stereocenters. The number of carbonyl (C=O) groups is 3. The molecule has 0 spiro atoms. The fourth-order valence-corrected chi connectivity index (χ4v) is 2.65. The molecular weight excluding hydrogens is 318 g/mol. The number of carboxylic acids is 1. The van der Waals surface area contributed by atoms with Crippen molar-refractivity contribution in [1.29, 1.82) is 0 Å². The standard InChI is InChI=1S/C15H15N3O4S/c1-9-13(14(22)17-10-5-3-2-4-6-10)23-15(16-9)18-11(19)7-8-12(20)21/h2-6H,7-8H2,1H3,(H,17,22)(H,20,21)(H,16,18,19). The number of nitrogens with zero attached hydrogens (tertiary/aromatic N) is 1. The van der Waals surface area contributed by atoms with Crippen LogP contribution in [0.2, 0.25) is 0 Å². The van der Waals surface area contributed by atoms with Crippen LogP contribution in [0.4, 0.5) is 10.8 Å². The van der Waals surface area contributed by atoms with Gasteiger partial charge in [0.2, 0.25) is 5.91 Å². The van der Waals surface area contributed by atoms with Gasteiger partial charge in [0, 0.05) is 12.1 Å². The Morgan fingerprint density at radius 3 is 2.48 bits per heavy atom. The topological polar surface area (TPSA) is 108 Å². The van der Waals surface area contributed by atoms with Crippen molar-refractivity contribution in [3.8, 4) is 0 Å². The van der Waals surface area contributed by atoms with Gasteiger partial charge in [0.05, 0.1) is 12.1 Å². The van der Waals surface area contributed by atoms with E-state index in [0.29, 0.717) is 16.3 Å². The highest BCUT2D eigenvalue weighted by Crippen LogP contribution is 2.24. The zero-order valence-electron chi connectivity index (χ0n) is 12.3. The summed E-state index contributed by atoms with van der Waals surface area (Å²) in [4.78, 5) is 38.7. The molecular formula is C15H15N3O4S. The summed E-state index contributed by atoms with van der Waals surface area (Å²) in [6.07, 6.45) is -0.392. The lowest BCUT2D eigenvalue weighted by molar-refractivity contribution is -0.138. The van der Waals surface area contributed by atoms with E-state index in [9.17, 15) is 14.4 Å². The molecule has 0 atom stereocenters. The van der Waals surface area contributed by atoms with E-state index in [1.165, 1.54) is 0 Å². The van der Waals surface area contributed by atoms with Gasteiger partial charge in [-0.05, 0) is 19.1 Å². The average Bonchev–Trinajstić information content (AvgIpc) is 2.87. The second kappa shape index (κ2) is 7.50. The fourth-order valence-electron chi connectivity index (χ4n) is 1.77. The van der Waals surface area contributed by atoms with Gasteiger partial charge in [0.1, 0.15) is 4.88 Å². The van der Waals surface area contributed by atoms with E-state index < -0.39 is 11.9 Å². The van der Waals surface area contributed by atoms with E-state index in [1.54, 1.807) is 19.1 Å². The summed E-state index contributed by atoms with van der Waals surface area (Å²) < 4.78 is 0. The largest absolute Gasteiger partial charge is 0.481 e. The van der Waals surface area contributed by atoms with Crippen molar-refractivity contribution >= 4 is 39.9 Å². The van der Waals surface area contributed by atoms with Crippen molar-refractivity contribution in [3.63, 3.8) is 0 Å². The van der Waals surface area contributed by atoms with Gasteiger partial charge >= 0.3 is 5.97 Å². The molecule has 23 heavy (non-hydrogen) atoms. The highest BCUT2D eigenvalue weighted by molar-refractivity contribution is 7.17. The summed E-state index contributed by atoms with van der Waals surface area (Å²) >= 11 is 1.05. The summed E-state index contributed by atoms with van der Waals surface area (Å²) in [6, 6.07) is 9.00. The molecule has 1 aromatic heterocycles. The molecule has 0 aliphatic carbocycles. The summed E-state index contributed by atoms with van der Waals surface area (Å²) in [7, 11) is 0. The number of carbonyl (C=O) groups excluding carboxylic acids is 2. The Kier molecular flexibility index (Phi) is 5.42. The molecule has 1 aromatic carbocycles. The van der Waals surface area contributed by atoms with E-state index in [4.69, 9.17) is 5.11 Å². The molecule has 7 nitrogen and oxygen atoms in total. The number of rotatable bonds is 6. The average molecular weight is 333 g/mol. The Hall–Kier alpha value is -2.74. The number of hydrogen-bond donors (Lipinski definition) is 3. The van der Waals surface area contributed by atoms with Gasteiger partial charge in [0.15, 0.2) is 5.13 Å². The smallest absolute Gasteiger partial charge is 0.303 e. The van der Waals surface area contributed by atoms with Crippen LogP contribution in [-0.2, 0) is 9.59 Å². The van der Waals surface area contributed by atoms with Crippen LogP contribution in [0.25, 0.3) is 0 Å². The zero-order valence-corrected chi connectivity index (χ0v) is 13.1. The number of benzene rings is 1. The third-order valence-electron chi connectivity index (χ3n) is 2.85. The van der Waals surface area contributed by atoms with Crippen LogP contribution in [0.15, 0.2) is 30.3 Å². The number of nitrogens with one attached hydrogen (secondary N) is 2. The van der Waals surface area contributed by atoms with Crippen molar-refractivity contribution in [2.45, 2.75) is 19.8 Å². The number of anilines is 2. The second-order valence-corrected chi connectivity index (χ2v) is 5.69. The van der Waals surface area contributed by atoms with Gasteiger partial charge in [0.25, 0.3) is 5.91 Å². The lowest BCUT2D eigenvalue weighted by Crippen LogP contribution is -2.12. The van der Waals surface area contributed by atoms with Gasteiger partial charge in [-0.2, -0.15) is 0 Å². The molecule has 0 fully saturated rings. The Balaban J connectivity index is 2.01. The first-order valence-electron chi connectivity index (χ1n) is 6.81. The molecule has 2 amide bonds. The molecule has 120 valence electrons. The lowest BCUT2D eigenvalue weighted by Gasteiger charge is -2.02. The molecule has 0 aliphatic heterocycles. The number of aliphatic carboxylic acids is 1. The Bertz CT molecular complexity index is 728. The first-order chi connectivity index (χ1) is 11.0. The predicted molar refractivity (Wildman–Crippen MR) is 86.7 cm³/mol. The minimum Gasteiger partial charge on any atom is -0.481 e. The highest BCUT2D eigenvalue weighted by Gasteiger charge is 2.17. The molecule has 0 bridgehead atoms. The Labute approximate surface area is 136 Å². The molecule has 2 aromatic rings. The van der Waals surface area contributed by atoms with E-state index in [2.05, 4.69) is 15.6 Å². The van der Waals surface area contributed by atoms with Crippen molar-refractivity contribution in [1.82, 2.24) is 4.98 Å². The van der Waals surface area contributed by atoms with Crippen LogP contribution < -0.4 is 10.6 Å². The number of thiazole rings is 1.